The lowest BCUT2D eigenvalue weighted by Crippen LogP contribution is -2.19. The second kappa shape index (κ2) is 5.78. The van der Waals surface area contributed by atoms with Gasteiger partial charge in [0.25, 0.3) is 0 Å². The third-order valence-electron chi connectivity index (χ3n) is 3.19. The first-order valence-electron chi connectivity index (χ1n) is 6.35. The smallest absolute Gasteiger partial charge is 0.0625 e. The van der Waals surface area contributed by atoms with Crippen LogP contribution in [0.4, 0.5) is 0 Å². The van der Waals surface area contributed by atoms with Gasteiger partial charge >= 0.3 is 0 Å². The number of nitrogens with one attached hydrogen (secondary N) is 1. The first-order chi connectivity index (χ1) is 8.70. The van der Waals surface area contributed by atoms with Crippen molar-refractivity contribution in [2.75, 3.05) is 0 Å². The lowest BCUT2D eigenvalue weighted by Gasteiger charge is -2.13. The van der Waals surface area contributed by atoms with E-state index in [4.69, 9.17) is 0 Å². The first-order valence-corrected chi connectivity index (χ1v) is 6.35. The molecule has 0 saturated carbocycles. The average Bonchev–Trinajstić information content (AvgIpc) is 2.77. The lowest BCUT2D eigenvalue weighted by molar-refractivity contribution is 0.547. The van der Waals surface area contributed by atoms with Gasteiger partial charge in [-0.3, -0.25) is 9.67 Å². The third-order valence-corrected chi connectivity index (χ3v) is 3.19. The molecule has 0 aliphatic heterocycles. The van der Waals surface area contributed by atoms with Crippen LogP contribution in [0.15, 0.2) is 30.6 Å². The van der Waals surface area contributed by atoms with Gasteiger partial charge in [0, 0.05) is 32.0 Å². The highest BCUT2D eigenvalue weighted by Gasteiger charge is 2.07. The van der Waals surface area contributed by atoms with Gasteiger partial charge in [-0.15, -0.1) is 0 Å². The Labute approximate surface area is 108 Å². The van der Waals surface area contributed by atoms with Crippen LogP contribution in [0.25, 0.3) is 0 Å². The summed E-state index contributed by atoms with van der Waals surface area (Å²) in [7, 11) is 1.99. The summed E-state index contributed by atoms with van der Waals surface area (Å²) in [5.41, 5.74) is 3.61. The molecule has 4 heteroatoms. The van der Waals surface area contributed by atoms with Crippen molar-refractivity contribution in [3.63, 3.8) is 0 Å². The van der Waals surface area contributed by atoms with Crippen molar-refractivity contribution in [3.05, 3.63) is 47.5 Å². The molecule has 0 saturated heterocycles. The summed E-state index contributed by atoms with van der Waals surface area (Å²) in [6.45, 7) is 5.11. The van der Waals surface area contributed by atoms with Crippen LogP contribution in [-0.2, 0) is 20.0 Å². The minimum atomic E-state index is 0.313. The van der Waals surface area contributed by atoms with Crippen LogP contribution in [0, 0.1) is 0 Å². The van der Waals surface area contributed by atoms with Gasteiger partial charge in [0.2, 0.25) is 0 Å². The molecule has 0 radical (unpaired) electrons. The fourth-order valence-electron chi connectivity index (χ4n) is 1.94. The van der Waals surface area contributed by atoms with E-state index in [1.807, 2.05) is 36.3 Å². The molecule has 96 valence electrons. The van der Waals surface area contributed by atoms with E-state index in [0.29, 0.717) is 6.04 Å². The molecule has 2 rings (SSSR count). The van der Waals surface area contributed by atoms with Crippen LogP contribution >= 0.6 is 0 Å². The number of nitrogens with zero attached hydrogens (tertiary/aromatic N) is 3. The van der Waals surface area contributed by atoms with Gasteiger partial charge < -0.3 is 5.32 Å². The number of aromatic nitrogens is 3. The maximum absolute atomic E-state index is 4.45. The van der Waals surface area contributed by atoms with Crippen molar-refractivity contribution < 1.29 is 0 Å². The summed E-state index contributed by atoms with van der Waals surface area (Å²) < 4.78 is 1.95. The molecular weight excluding hydrogens is 224 g/mol. The number of pyridine rings is 1. The number of aryl methyl sites for hydroxylation is 2. The molecule has 0 fully saturated rings. The van der Waals surface area contributed by atoms with Crippen molar-refractivity contribution in [3.8, 4) is 0 Å². The SMILES string of the molecule is CCc1cc(CNC(C)c2ccncc2)n(C)n1. The Kier molecular flexibility index (Phi) is 4.10. The molecule has 0 spiro atoms. The van der Waals surface area contributed by atoms with E-state index in [1.54, 1.807) is 0 Å². The molecule has 1 unspecified atom stereocenters. The maximum Gasteiger partial charge on any atom is 0.0625 e. The zero-order valence-corrected chi connectivity index (χ0v) is 11.2. The zero-order valence-electron chi connectivity index (χ0n) is 11.2. The van der Waals surface area contributed by atoms with Crippen molar-refractivity contribution >= 4 is 0 Å². The number of hydrogen-bond acceptors (Lipinski definition) is 3. The fourth-order valence-corrected chi connectivity index (χ4v) is 1.94. The second-order valence-electron chi connectivity index (χ2n) is 4.49. The molecule has 18 heavy (non-hydrogen) atoms. The molecule has 1 N–H and O–H groups in total. The highest BCUT2D eigenvalue weighted by atomic mass is 15.3. The normalized spacial score (nSPS) is 12.6. The molecule has 0 amide bonds. The van der Waals surface area contributed by atoms with Crippen LogP contribution < -0.4 is 5.32 Å². The summed E-state index contributed by atoms with van der Waals surface area (Å²) in [5.74, 6) is 0. The Morgan fingerprint density at radius 1 is 1.33 bits per heavy atom. The molecule has 0 aliphatic rings. The predicted molar refractivity (Wildman–Crippen MR) is 72.1 cm³/mol. The number of rotatable bonds is 5. The first kappa shape index (κ1) is 12.8. The standard InChI is InChI=1S/C14H20N4/c1-4-13-9-14(18(3)17-13)10-16-11(2)12-5-7-15-8-6-12/h5-9,11,16H,4,10H2,1-3H3. The van der Waals surface area contributed by atoms with Gasteiger partial charge in [0.1, 0.15) is 0 Å². The maximum atomic E-state index is 4.45. The van der Waals surface area contributed by atoms with Crippen molar-refractivity contribution in [1.82, 2.24) is 20.1 Å². The molecule has 0 aliphatic carbocycles. The van der Waals surface area contributed by atoms with Gasteiger partial charge in [-0.1, -0.05) is 6.92 Å². The van der Waals surface area contributed by atoms with E-state index in [1.165, 1.54) is 11.3 Å². The molecule has 0 aromatic carbocycles. The minimum Gasteiger partial charge on any atom is -0.305 e. The third kappa shape index (κ3) is 2.96. The molecule has 2 aromatic rings. The van der Waals surface area contributed by atoms with Gasteiger partial charge in [0.05, 0.1) is 11.4 Å². The molecule has 2 aromatic heterocycles. The van der Waals surface area contributed by atoms with E-state index in [0.717, 1.165) is 18.7 Å². The Bertz CT molecular complexity index is 490. The zero-order chi connectivity index (χ0) is 13.0. The monoisotopic (exact) mass is 244 g/mol. The largest absolute Gasteiger partial charge is 0.305 e. The molecule has 0 bridgehead atoms. The van der Waals surface area contributed by atoms with Gasteiger partial charge in [-0.25, -0.2) is 0 Å². The van der Waals surface area contributed by atoms with Crippen LogP contribution in [0.3, 0.4) is 0 Å². The van der Waals surface area contributed by atoms with Crippen LogP contribution in [0.2, 0.25) is 0 Å². The molecule has 1 atom stereocenters. The van der Waals surface area contributed by atoms with E-state index in [9.17, 15) is 0 Å². The second-order valence-corrected chi connectivity index (χ2v) is 4.49. The van der Waals surface area contributed by atoms with E-state index < -0.39 is 0 Å². The average molecular weight is 244 g/mol. The predicted octanol–water partition coefficient (Wildman–Crippen LogP) is 2.23. The van der Waals surface area contributed by atoms with Gasteiger partial charge in [-0.05, 0) is 37.1 Å². The number of hydrogen-bond donors (Lipinski definition) is 1. The summed E-state index contributed by atoms with van der Waals surface area (Å²) in [6.07, 6.45) is 4.63. The Balaban J connectivity index is 1.97. The molecule has 4 nitrogen and oxygen atoms in total. The van der Waals surface area contributed by atoms with Crippen LogP contribution in [-0.4, -0.2) is 14.8 Å². The van der Waals surface area contributed by atoms with E-state index in [-0.39, 0.29) is 0 Å². The lowest BCUT2D eigenvalue weighted by atomic mass is 10.1. The Hall–Kier alpha value is -1.68. The van der Waals surface area contributed by atoms with Gasteiger partial charge in [-0.2, -0.15) is 5.10 Å². The summed E-state index contributed by atoms with van der Waals surface area (Å²) in [6, 6.07) is 6.55. The quantitative estimate of drug-likeness (QED) is 0.877. The Morgan fingerprint density at radius 3 is 2.67 bits per heavy atom. The highest BCUT2D eigenvalue weighted by molar-refractivity contribution is 5.15. The minimum absolute atomic E-state index is 0.313. The van der Waals surface area contributed by atoms with Gasteiger partial charge in [0.15, 0.2) is 0 Å². The fraction of sp³-hybridized carbons (Fsp3) is 0.429. The summed E-state index contributed by atoms with van der Waals surface area (Å²) >= 11 is 0. The topological polar surface area (TPSA) is 42.7 Å². The van der Waals surface area contributed by atoms with Crippen molar-refractivity contribution in [2.45, 2.75) is 32.9 Å². The van der Waals surface area contributed by atoms with E-state index in [2.05, 4.69) is 35.3 Å². The van der Waals surface area contributed by atoms with Crippen LogP contribution in [0.1, 0.15) is 36.8 Å². The summed E-state index contributed by atoms with van der Waals surface area (Å²) in [4.78, 5) is 4.03. The van der Waals surface area contributed by atoms with Crippen molar-refractivity contribution in [1.29, 1.82) is 0 Å². The molecule has 2 heterocycles. The van der Waals surface area contributed by atoms with E-state index >= 15 is 0 Å². The summed E-state index contributed by atoms with van der Waals surface area (Å²) in [5, 5.41) is 7.95. The Morgan fingerprint density at radius 2 is 2.06 bits per heavy atom. The molecular formula is C14H20N4. The van der Waals surface area contributed by atoms with Crippen molar-refractivity contribution in [2.24, 2.45) is 7.05 Å². The highest BCUT2D eigenvalue weighted by Crippen LogP contribution is 2.12. The van der Waals surface area contributed by atoms with Crippen LogP contribution in [0.5, 0.6) is 0 Å².